The molecule has 0 radical (unpaired) electrons. The monoisotopic (exact) mass is 469 g/mol. The molecule has 176 valence electrons. The van der Waals surface area contributed by atoms with E-state index in [9.17, 15) is 18.0 Å². The van der Waals surface area contributed by atoms with Crippen LogP contribution in [0.25, 0.3) is 11.6 Å². The predicted octanol–water partition coefficient (Wildman–Crippen LogP) is 4.23. The van der Waals surface area contributed by atoms with Gasteiger partial charge in [-0.3, -0.25) is 9.36 Å². The van der Waals surface area contributed by atoms with Crippen LogP contribution >= 0.6 is 0 Å². The molecule has 0 aliphatic heterocycles. The molecule has 0 saturated heterocycles. The highest BCUT2D eigenvalue weighted by molar-refractivity contribution is 5.95. The van der Waals surface area contributed by atoms with Gasteiger partial charge in [-0.1, -0.05) is 13.8 Å². The molecule has 1 N–H and O–H groups in total. The number of imidazole rings is 1. The first kappa shape index (κ1) is 23.1. The number of hydrogen-bond donors (Lipinski definition) is 1. The van der Waals surface area contributed by atoms with Crippen molar-refractivity contribution < 1.29 is 18.0 Å². The minimum atomic E-state index is -4.48. The summed E-state index contributed by atoms with van der Waals surface area (Å²) in [6, 6.07) is 5.83. The van der Waals surface area contributed by atoms with Crippen molar-refractivity contribution in [2.75, 3.05) is 0 Å². The number of amides is 1. The molecule has 0 spiro atoms. The molecule has 8 nitrogen and oxygen atoms in total. The van der Waals surface area contributed by atoms with E-state index in [1.807, 2.05) is 31.4 Å². The van der Waals surface area contributed by atoms with Crippen LogP contribution in [0.1, 0.15) is 52.8 Å². The van der Waals surface area contributed by atoms with Crippen LogP contribution in [0.15, 0.2) is 55.2 Å². The van der Waals surface area contributed by atoms with Crippen LogP contribution < -0.4 is 5.32 Å². The molecule has 0 fully saturated rings. The number of aromatic nitrogens is 6. The fourth-order valence-corrected chi connectivity index (χ4v) is 3.55. The predicted molar refractivity (Wildman–Crippen MR) is 118 cm³/mol. The van der Waals surface area contributed by atoms with Crippen LogP contribution in [0, 0.1) is 6.92 Å². The van der Waals surface area contributed by atoms with Crippen molar-refractivity contribution in [2.45, 2.75) is 39.4 Å². The summed E-state index contributed by atoms with van der Waals surface area (Å²) in [5.41, 5.74) is 0.870. The molecule has 0 atom stereocenters. The SMILES string of the molecule is Cc1nccn1-c1cc(CNC(=O)c2cnn(-c3ccc(C(F)(F)F)cn3)c2C(C)C)ccn1. The zero-order chi connectivity index (χ0) is 24.5. The largest absolute Gasteiger partial charge is 0.417 e. The van der Waals surface area contributed by atoms with Crippen molar-refractivity contribution in [1.29, 1.82) is 0 Å². The number of halogens is 3. The first-order valence-electron chi connectivity index (χ1n) is 10.5. The fraction of sp³-hybridized carbons (Fsp3) is 0.261. The number of pyridine rings is 2. The van der Waals surface area contributed by atoms with E-state index in [1.54, 1.807) is 24.7 Å². The molecule has 0 aliphatic rings. The average Bonchev–Trinajstić information content (AvgIpc) is 3.44. The summed E-state index contributed by atoms with van der Waals surface area (Å²) in [6.45, 7) is 5.87. The number of alkyl halides is 3. The van der Waals surface area contributed by atoms with Crippen molar-refractivity contribution in [3.8, 4) is 11.6 Å². The van der Waals surface area contributed by atoms with E-state index in [-0.39, 0.29) is 24.2 Å². The van der Waals surface area contributed by atoms with E-state index in [2.05, 4.69) is 25.4 Å². The van der Waals surface area contributed by atoms with E-state index >= 15 is 0 Å². The lowest BCUT2D eigenvalue weighted by Crippen LogP contribution is -2.24. The topological polar surface area (TPSA) is 90.5 Å². The van der Waals surface area contributed by atoms with Gasteiger partial charge in [-0.2, -0.15) is 18.3 Å². The summed E-state index contributed by atoms with van der Waals surface area (Å²) in [5.74, 6) is 1.19. The number of hydrogen-bond acceptors (Lipinski definition) is 5. The lowest BCUT2D eigenvalue weighted by molar-refractivity contribution is -0.137. The molecule has 4 heterocycles. The quantitative estimate of drug-likeness (QED) is 0.457. The van der Waals surface area contributed by atoms with Gasteiger partial charge in [0.2, 0.25) is 0 Å². The standard InChI is InChI=1S/C23H22F3N7O/c1-14(2)21-18(13-31-33(21)19-5-4-17(12-29-19)23(24,25)26)22(34)30-11-16-6-7-28-20(10-16)32-9-8-27-15(32)3/h4-10,12-14H,11H2,1-3H3,(H,30,34). The molecule has 11 heteroatoms. The fourth-order valence-electron chi connectivity index (χ4n) is 3.55. The second-order valence-electron chi connectivity index (χ2n) is 7.96. The molecular weight excluding hydrogens is 447 g/mol. The molecular formula is C23H22F3N7O. The van der Waals surface area contributed by atoms with E-state index in [0.717, 1.165) is 23.7 Å². The van der Waals surface area contributed by atoms with Crippen LogP contribution in [0.5, 0.6) is 0 Å². The normalized spacial score (nSPS) is 11.7. The van der Waals surface area contributed by atoms with Gasteiger partial charge < -0.3 is 5.32 Å². The third-order valence-electron chi connectivity index (χ3n) is 5.23. The van der Waals surface area contributed by atoms with E-state index in [1.165, 1.54) is 16.9 Å². The molecule has 4 aromatic heterocycles. The lowest BCUT2D eigenvalue weighted by atomic mass is 10.1. The molecule has 0 unspecified atom stereocenters. The molecule has 0 bridgehead atoms. The maximum absolute atomic E-state index is 13.0. The minimum absolute atomic E-state index is 0.135. The van der Waals surface area contributed by atoms with Crippen molar-refractivity contribution in [1.82, 2.24) is 34.6 Å². The molecule has 4 rings (SSSR count). The summed E-state index contributed by atoms with van der Waals surface area (Å²) < 4.78 is 41.8. The Balaban J connectivity index is 1.54. The van der Waals surface area contributed by atoms with Crippen LogP contribution in [0.3, 0.4) is 0 Å². The molecule has 4 aromatic rings. The number of nitrogens with one attached hydrogen (secondary N) is 1. The summed E-state index contributed by atoms with van der Waals surface area (Å²) in [7, 11) is 0. The van der Waals surface area contributed by atoms with Gasteiger partial charge >= 0.3 is 6.18 Å². The molecule has 0 aromatic carbocycles. The highest BCUT2D eigenvalue weighted by atomic mass is 19.4. The van der Waals surface area contributed by atoms with Gasteiger partial charge in [0.1, 0.15) is 11.6 Å². The smallest absolute Gasteiger partial charge is 0.348 e. The third kappa shape index (κ3) is 4.68. The summed E-state index contributed by atoms with van der Waals surface area (Å²) in [6.07, 6.45) is 2.82. The Labute approximate surface area is 193 Å². The van der Waals surface area contributed by atoms with Crippen LogP contribution in [-0.2, 0) is 12.7 Å². The maximum atomic E-state index is 13.0. The Morgan fingerprint density at radius 2 is 1.85 bits per heavy atom. The van der Waals surface area contributed by atoms with Crippen LogP contribution in [-0.4, -0.2) is 35.2 Å². The van der Waals surface area contributed by atoms with Crippen LogP contribution in [0.4, 0.5) is 13.2 Å². The Kier molecular flexibility index (Phi) is 6.18. The molecule has 0 saturated carbocycles. The highest BCUT2D eigenvalue weighted by Crippen LogP contribution is 2.29. The van der Waals surface area contributed by atoms with Crippen LogP contribution in [0.2, 0.25) is 0 Å². The zero-order valence-corrected chi connectivity index (χ0v) is 18.7. The number of aryl methyl sites for hydroxylation is 1. The van der Waals surface area contributed by atoms with Crippen molar-refractivity contribution >= 4 is 5.91 Å². The minimum Gasteiger partial charge on any atom is -0.348 e. The Morgan fingerprint density at radius 3 is 2.47 bits per heavy atom. The average molecular weight is 469 g/mol. The number of carbonyl (C=O) groups is 1. The van der Waals surface area contributed by atoms with Crippen molar-refractivity contribution in [3.63, 3.8) is 0 Å². The first-order valence-corrected chi connectivity index (χ1v) is 10.5. The summed E-state index contributed by atoms with van der Waals surface area (Å²) in [5, 5.41) is 7.10. The third-order valence-corrected chi connectivity index (χ3v) is 5.23. The second-order valence-corrected chi connectivity index (χ2v) is 7.96. The van der Waals surface area contributed by atoms with Gasteiger partial charge in [0, 0.05) is 31.3 Å². The zero-order valence-electron chi connectivity index (χ0n) is 18.7. The Hall–Kier alpha value is -4.02. The van der Waals surface area contributed by atoms with Gasteiger partial charge in [-0.25, -0.2) is 19.6 Å². The molecule has 34 heavy (non-hydrogen) atoms. The number of rotatable bonds is 6. The number of carbonyl (C=O) groups excluding carboxylic acids is 1. The van der Waals surface area contributed by atoms with Crippen molar-refractivity contribution in [3.05, 3.63) is 83.5 Å². The highest BCUT2D eigenvalue weighted by Gasteiger charge is 2.31. The van der Waals surface area contributed by atoms with E-state index < -0.39 is 11.7 Å². The maximum Gasteiger partial charge on any atom is 0.417 e. The first-order chi connectivity index (χ1) is 16.1. The van der Waals surface area contributed by atoms with Gasteiger partial charge in [0.05, 0.1) is 23.0 Å². The van der Waals surface area contributed by atoms with Crippen molar-refractivity contribution in [2.24, 2.45) is 0 Å². The number of nitrogens with zero attached hydrogens (tertiary/aromatic N) is 6. The second kappa shape index (κ2) is 9.08. The summed E-state index contributed by atoms with van der Waals surface area (Å²) >= 11 is 0. The molecule has 0 aliphatic carbocycles. The van der Waals surface area contributed by atoms with Gasteiger partial charge in [-0.05, 0) is 42.7 Å². The summed E-state index contributed by atoms with van der Waals surface area (Å²) in [4.78, 5) is 25.4. The van der Waals surface area contributed by atoms with E-state index in [0.29, 0.717) is 17.1 Å². The Bertz CT molecular complexity index is 1310. The van der Waals surface area contributed by atoms with Gasteiger partial charge in [-0.15, -0.1) is 0 Å². The van der Waals surface area contributed by atoms with Gasteiger partial charge in [0.15, 0.2) is 5.82 Å². The van der Waals surface area contributed by atoms with E-state index in [4.69, 9.17) is 0 Å². The van der Waals surface area contributed by atoms with Gasteiger partial charge in [0.25, 0.3) is 5.91 Å². The Morgan fingerprint density at radius 1 is 1.06 bits per heavy atom. The lowest BCUT2D eigenvalue weighted by Gasteiger charge is -2.13. The molecule has 1 amide bonds.